The van der Waals surface area contributed by atoms with Gasteiger partial charge in [0.25, 0.3) is 0 Å². The molecule has 1 aromatic rings. The molecule has 5 heteroatoms. The molecule has 0 unspecified atom stereocenters. The summed E-state index contributed by atoms with van der Waals surface area (Å²) in [6.45, 7) is 0. The lowest BCUT2D eigenvalue weighted by Gasteiger charge is -2.22. The number of nitro benzene ring substituents is 1. The van der Waals surface area contributed by atoms with E-state index in [1.807, 2.05) is 0 Å². The average Bonchev–Trinajstić information content (AvgIpc) is 2.33. The predicted molar refractivity (Wildman–Crippen MR) is 60.6 cm³/mol. The number of hydrogen-bond donors (Lipinski definition) is 0. The van der Waals surface area contributed by atoms with Crippen molar-refractivity contribution < 1.29 is 14.1 Å². The summed E-state index contributed by atoms with van der Waals surface area (Å²) in [6, 6.07) is 4.03. The molecule has 0 saturated heterocycles. The number of rotatable bonds is 3. The van der Waals surface area contributed by atoms with Crippen LogP contribution in [0.1, 0.15) is 32.1 Å². The number of nitrogens with zero attached hydrogens (tertiary/aromatic N) is 1. The van der Waals surface area contributed by atoms with Gasteiger partial charge in [-0.3, -0.25) is 10.1 Å². The van der Waals surface area contributed by atoms with Gasteiger partial charge in [-0.2, -0.15) is 4.39 Å². The summed E-state index contributed by atoms with van der Waals surface area (Å²) in [5.74, 6) is -0.880. The lowest BCUT2D eigenvalue weighted by atomic mass is 9.98. The quantitative estimate of drug-likeness (QED) is 0.599. The Kier molecular flexibility index (Phi) is 3.56. The highest BCUT2D eigenvalue weighted by Gasteiger charge is 2.21. The van der Waals surface area contributed by atoms with Crippen LogP contribution >= 0.6 is 0 Å². The van der Waals surface area contributed by atoms with E-state index in [4.69, 9.17) is 4.74 Å². The molecule has 0 spiro atoms. The first-order valence-corrected chi connectivity index (χ1v) is 5.78. The molecule has 17 heavy (non-hydrogen) atoms. The summed E-state index contributed by atoms with van der Waals surface area (Å²) in [5.41, 5.74) is -0.529. The van der Waals surface area contributed by atoms with E-state index in [9.17, 15) is 14.5 Å². The highest BCUT2D eigenvalue weighted by atomic mass is 19.1. The standard InChI is InChI=1S/C12H14FNO3/c13-12-10(14(15)16)7-4-8-11(12)17-9-5-2-1-3-6-9/h4,7-9H,1-3,5-6H2. The maximum absolute atomic E-state index is 13.7. The molecular weight excluding hydrogens is 225 g/mol. The van der Waals surface area contributed by atoms with Crippen LogP contribution in [-0.2, 0) is 0 Å². The molecule has 92 valence electrons. The third-order valence-corrected chi connectivity index (χ3v) is 2.99. The van der Waals surface area contributed by atoms with Crippen molar-refractivity contribution >= 4 is 5.69 Å². The first-order valence-electron chi connectivity index (χ1n) is 5.78. The molecule has 1 saturated carbocycles. The van der Waals surface area contributed by atoms with E-state index in [-0.39, 0.29) is 11.9 Å². The summed E-state index contributed by atoms with van der Waals surface area (Å²) in [6.07, 6.45) is 5.09. The van der Waals surface area contributed by atoms with E-state index in [1.54, 1.807) is 0 Å². The Morgan fingerprint density at radius 2 is 2.00 bits per heavy atom. The van der Waals surface area contributed by atoms with Gasteiger partial charge in [0.2, 0.25) is 5.82 Å². The van der Waals surface area contributed by atoms with Crippen LogP contribution in [0.4, 0.5) is 10.1 Å². The van der Waals surface area contributed by atoms with Crippen LogP contribution in [0, 0.1) is 15.9 Å². The fourth-order valence-electron chi connectivity index (χ4n) is 2.09. The Labute approximate surface area is 98.5 Å². The molecule has 0 heterocycles. The molecule has 0 radical (unpaired) electrons. The Bertz CT molecular complexity index is 416. The van der Waals surface area contributed by atoms with Gasteiger partial charge in [0.05, 0.1) is 11.0 Å². The Morgan fingerprint density at radius 1 is 1.29 bits per heavy atom. The maximum Gasteiger partial charge on any atom is 0.308 e. The third-order valence-electron chi connectivity index (χ3n) is 2.99. The summed E-state index contributed by atoms with van der Waals surface area (Å²) in [7, 11) is 0. The molecular formula is C12H14FNO3. The van der Waals surface area contributed by atoms with Crippen LogP contribution in [0.25, 0.3) is 0 Å². The summed E-state index contributed by atoms with van der Waals surface area (Å²) in [5, 5.41) is 10.6. The van der Waals surface area contributed by atoms with Gasteiger partial charge in [-0.1, -0.05) is 12.5 Å². The van der Waals surface area contributed by atoms with Crippen LogP contribution in [0.5, 0.6) is 5.75 Å². The minimum Gasteiger partial charge on any atom is -0.487 e. The lowest BCUT2D eigenvalue weighted by molar-refractivity contribution is -0.387. The van der Waals surface area contributed by atoms with Crippen molar-refractivity contribution in [3.05, 3.63) is 34.1 Å². The smallest absolute Gasteiger partial charge is 0.308 e. The van der Waals surface area contributed by atoms with Crippen LogP contribution in [0.2, 0.25) is 0 Å². The second-order valence-electron chi connectivity index (χ2n) is 4.22. The second-order valence-corrected chi connectivity index (χ2v) is 4.22. The highest BCUT2D eigenvalue weighted by molar-refractivity contribution is 5.40. The van der Waals surface area contributed by atoms with E-state index >= 15 is 0 Å². The van der Waals surface area contributed by atoms with Crippen molar-refractivity contribution in [2.24, 2.45) is 0 Å². The first-order chi connectivity index (χ1) is 8.18. The fourth-order valence-corrected chi connectivity index (χ4v) is 2.09. The first kappa shape index (κ1) is 11.8. The molecule has 0 atom stereocenters. The monoisotopic (exact) mass is 239 g/mol. The number of benzene rings is 1. The van der Waals surface area contributed by atoms with E-state index in [2.05, 4.69) is 0 Å². The molecule has 0 aliphatic heterocycles. The highest BCUT2D eigenvalue weighted by Crippen LogP contribution is 2.29. The number of halogens is 1. The molecule has 1 aliphatic carbocycles. The van der Waals surface area contributed by atoms with Crippen LogP contribution in [-0.4, -0.2) is 11.0 Å². The van der Waals surface area contributed by atoms with E-state index in [0.717, 1.165) is 31.7 Å². The Hall–Kier alpha value is -1.65. The minimum absolute atomic E-state index is 0.00824. The van der Waals surface area contributed by atoms with Gasteiger partial charge in [-0.15, -0.1) is 0 Å². The number of hydrogen-bond acceptors (Lipinski definition) is 3. The van der Waals surface area contributed by atoms with E-state index < -0.39 is 16.4 Å². The van der Waals surface area contributed by atoms with Crippen molar-refractivity contribution in [2.75, 3.05) is 0 Å². The van der Waals surface area contributed by atoms with Gasteiger partial charge in [0.1, 0.15) is 0 Å². The number of ether oxygens (including phenoxy) is 1. The summed E-state index contributed by atoms with van der Waals surface area (Å²) in [4.78, 5) is 9.84. The van der Waals surface area contributed by atoms with Crippen LogP contribution in [0.15, 0.2) is 18.2 Å². The van der Waals surface area contributed by atoms with Gasteiger partial charge in [-0.25, -0.2) is 0 Å². The fraction of sp³-hybridized carbons (Fsp3) is 0.500. The Balaban J connectivity index is 2.15. The van der Waals surface area contributed by atoms with Gasteiger partial charge in [0.15, 0.2) is 5.75 Å². The summed E-state index contributed by atoms with van der Waals surface area (Å²) >= 11 is 0. The zero-order valence-corrected chi connectivity index (χ0v) is 9.39. The van der Waals surface area contributed by atoms with Gasteiger partial charge >= 0.3 is 5.69 Å². The van der Waals surface area contributed by atoms with Crippen molar-refractivity contribution in [2.45, 2.75) is 38.2 Å². The predicted octanol–water partition coefficient (Wildman–Crippen LogP) is 3.45. The topological polar surface area (TPSA) is 52.4 Å². The van der Waals surface area contributed by atoms with Crippen molar-refractivity contribution in [3.8, 4) is 5.75 Å². The minimum atomic E-state index is -0.872. The van der Waals surface area contributed by atoms with E-state index in [1.165, 1.54) is 18.6 Å². The molecule has 1 aromatic carbocycles. The molecule has 0 amide bonds. The Morgan fingerprint density at radius 3 is 2.65 bits per heavy atom. The largest absolute Gasteiger partial charge is 0.487 e. The maximum atomic E-state index is 13.7. The van der Waals surface area contributed by atoms with Crippen LogP contribution in [0.3, 0.4) is 0 Å². The van der Waals surface area contributed by atoms with E-state index in [0.29, 0.717) is 0 Å². The summed E-state index contributed by atoms with van der Waals surface area (Å²) < 4.78 is 19.2. The zero-order chi connectivity index (χ0) is 12.3. The van der Waals surface area contributed by atoms with Crippen molar-refractivity contribution in [3.63, 3.8) is 0 Å². The molecule has 2 rings (SSSR count). The van der Waals surface area contributed by atoms with Gasteiger partial charge in [-0.05, 0) is 31.7 Å². The SMILES string of the molecule is O=[N+]([O-])c1cccc(OC2CCCCC2)c1F. The third kappa shape index (κ3) is 2.72. The molecule has 0 N–H and O–H groups in total. The van der Waals surface area contributed by atoms with Gasteiger partial charge in [0, 0.05) is 6.07 Å². The van der Waals surface area contributed by atoms with Crippen molar-refractivity contribution in [1.29, 1.82) is 0 Å². The van der Waals surface area contributed by atoms with Gasteiger partial charge < -0.3 is 4.74 Å². The molecule has 4 nitrogen and oxygen atoms in total. The molecule has 1 aliphatic rings. The molecule has 0 aromatic heterocycles. The number of nitro groups is 1. The molecule has 1 fully saturated rings. The zero-order valence-electron chi connectivity index (χ0n) is 9.39. The molecule has 0 bridgehead atoms. The lowest BCUT2D eigenvalue weighted by Crippen LogP contribution is -2.20. The van der Waals surface area contributed by atoms with Crippen LogP contribution < -0.4 is 4.74 Å². The second kappa shape index (κ2) is 5.12. The normalized spacial score (nSPS) is 16.8. The van der Waals surface area contributed by atoms with Crippen molar-refractivity contribution in [1.82, 2.24) is 0 Å². The average molecular weight is 239 g/mol.